The molecule has 0 amide bonds. The van der Waals surface area contributed by atoms with Gasteiger partial charge in [-0.1, -0.05) is 0 Å². The van der Waals surface area contributed by atoms with Crippen LogP contribution in [0.5, 0.6) is 0 Å². The maximum Gasteiger partial charge on any atom is 0.401 e. The van der Waals surface area contributed by atoms with E-state index >= 15 is 0 Å². The van der Waals surface area contributed by atoms with E-state index in [2.05, 4.69) is 0 Å². The monoisotopic (exact) mass is 339 g/mol. The second-order valence-corrected chi connectivity index (χ2v) is 4.32. The van der Waals surface area contributed by atoms with Gasteiger partial charge in [-0.3, -0.25) is 4.90 Å². The van der Waals surface area contributed by atoms with Crippen LogP contribution in [0.15, 0.2) is 0 Å². The van der Waals surface area contributed by atoms with E-state index in [4.69, 9.17) is 3.07 Å². The molecular weight excluding hydrogens is 326 g/mol. The van der Waals surface area contributed by atoms with Crippen molar-refractivity contribution in [2.75, 3.05) is 19.7 Å². The molecule has 0 saturated carbocycles. The molecule has 0 unspecified atom stereocenters. The summed E-state index contributed by atoms with van der Waals surface area (Å²) in [5.41, 5.74) is 0. The minimum absolute atomic E-state index is 0.216. The summed E-state index contributed by atoms with van der Waals surface area (Å²) in [6.45, 7) is -0.441. The van der Waals surface area contributed by atoms with Crippen LogP contribution in [0.2, 0.25) is 0 Å². The van der Waals surface area contributed by atoms with E-state index in [-0.39, 0.29) is 19.2 Å². The molecule has 1 rings (SSSR count). The van der Waals surface area contributed by atoms with Crippen molar-refractivity contribution in [2.24, 2.45) is 0 Å². The van der Waals surface area contributed by atoms with E-state index in [0.717, 1.165) is 0 Å². The van der Waals surface area contributed by atoms with Gasteiger partial charge in [0.1, 0.15) is 23.0 Å². The maximum absolute atomic E-state index is 12.2. The number of likely N-dealkylation sites (tertiary alicyclic amines) is 1. The first-order valence-electron chi connectivity index (χ1n) is 4.65. The Morgan fingerprint density at radius 1 is 1.47 bits per heavy atom. The number of nitrogens with zero attached hydrogens (tertiary/aromatic N) is 1. The first kappa shape index (κ1) is 13.5. The third-order valence-electron chi connectivity index (χ3n) is 2.45. The third kappa shape index (κ3) is 4.83. The minimum Gasteiger partial charge on any atom is -0.393 e. The molecule has 0 spiro atoms. The summed E-state index contributed by atoms with van der Waals surface area (Å²) >= 11 is 1.65. The zero-order valence-corrected chi connectivity index (χ0v) is 10.2. The molecule has 0 radical (unpaired) electrons. The molecule has 0 aliphatic carbocycles. The summed E-state index contributed by atoms with van der Waals surface area (Å²) < 4.78 is 41.4. The predicted octanol–water partition coefficient (Wildman–Crippen LogP) is 1.74. The van der Waals surface area contributed by atoms with Crippen LogP contribution < -0.4 is 0 Å². The van der Waals surface area contributed by atoms with Gasteiger partial charge < -0.3 is 8.17 Å². The van der Waals surface area contributed by atoms with Crippen LogP contribution in [0.3, 0.4) is 0 Å². The highest BCUT2D eigenvalue weighted by Crippen LogP contribution is 2.24. The number of hydrogen-bond donors (Lipinski definition) is 1. The number of piperidine rings is 1. The van der Waals surface area contributed by atoms with Gasteiger partial charge in [-0.05, 0) is 12.8 Å². The van der Waals surface area contributed by atoms with E-state index < -0.39 is 18.8 Å². The number of rotatable bonds is 3. The highest BCUT2D eigenvalue weighted by atomic mass is 127. The van der Waals surface area contributed by atoms with Gasteiger partial charge >= 0.3 is 6.18 Å². The molecule has 7 heteroatoms. The van der Waals surface area contributed by atoms with Gasteiger partial charge in [0.2, 0.25) is 0 Å². The quantitative estimate of drug-likeness (QED) is 0.796. The smallest absolute Gasteiger partial charge is 0.393 e. The molecule has 2 atom stereocenters. The van der Waals surface area contributed by atoms with Crippen LogP contribution in [0.1, 0.15) is 12.8 Å². The Morgan fingerprint density at radius 2 is 2.13 bits per heavy atom. The second-order valence-electron chi connectivity index (χ2n) is 3.69. The second kappa shape index (κ2) is 5.65. The molecule has 1 N–H and O–H groups in total. The molecule has 0 aromatic rings. The fourth-order valence-corrected chi connectivity index (χ4v) is 2.18. The van der Waals surface area contributed by atoms with Crippen molar-refractivity contribution in [1.29, 1.82) is 0 Å². The van der Waals surface area contributed by atoms with Crippen molar-refractivity contribution < 1.29 is 21.3 Å². The van der Waals surface area contributed by atoms with Crippen molar-refractivity contribution in [3.8, 4) is 0 Å². The molecule has 1 heterocycles. The fourth-order valence-electron chi connectivity index (χ4n) is 1.76. The summed E-state index contributed by atoms with van der Waals surface area (Å²) in [6.07, 6.45) is -3.95. The van der Waals surface area contributed by atoms with Gasteiger partial charge in [-0.15, -0.1) is 0 Å². The lowest BCUT2D eigenvalue weighted by Gasteiger charge is -2.37. The largest absolute Gasteiger partial charge is 0.401 e. The predicted molar refractivity (Wildman–Crippen MR) is 56.6 cm³/mol. The summed E-state index contributed by atoms with van der Waals surface area (Å²) in [6, 6.07) is -0.340. The van der Waals surface area contributed by atoms with E-state index in [0.29, 0.717) is 12.8 Å². The van der Waals surface area contributed by atoms with Crippen molar-refractivity contribution in [3.63, 3.8) is 0 Å². The molecule has 1 aliphatic rings. The minimum atomic E-state index is -4.19. The number of alkyl halides is 3. The zero-order valence-electron chi connectivity index (χ0n) is 8.00. The zero-order chi connectivity index (χ0) is 11.5. The van der Waals surface area contributed by atoms with Crippen LogP contribution in [0.4, 0.5) is 13.2 Å². The standard InChI is InChI=1S/C8H13F3INO2/c9-8(10,11)5-13-2-1-7(14)3-6(13)4-15-12/h6-7,14H,1-5H2/t6-,7-/m1/s1. The SMILES string of the molecule is O[C@@H]1CCN(CC(F)(F)F)[C@@H](COI)C1. The molecule has 0 aromatic carbocycles. The van der Waals surface area contributed by atoms with E-state index in [1.807, 2.05) is 0 Å². The first-order valence-corrected chi connectivity index (χ1v) is 5.53. The maximum atomic E-state index is 12.2. The van der Waals surface area contributed by atoms with Gasteiger partial charge in [0, 0.05) is 12.6 Å². The molecule has 0 aromatic heterocycles. The Morgan fingerprint density at radius 3 is 2.67 bits per heavy atom. The molecule has 1 fully saturated rings. The number of aliphatic hydroxyl groups excluding tert-OH is 1. The summed E-state index contributed by atoms with van der Waals surface area (Å²) in [5, 5.41) is 9.36. The summed E-state index contributed by atoms with van der Waals surface area (Å²) in [4.78, 5) is 1.32. The van der Waals surface area contributed by atoms with Gasteiger partial charge in [0.25, 0.3) is 0 Å². The van der Waals surface area contributed by atoms with Gasteiger partial charge in [0.15, 0.2) is 0 Å². The lowest BCUT2D eigenvalue weighted by molar-refractivity contribution is -0.158. The van der Waals surface area contributed by atoms with Gasteiger partial charge in [-0.25, -0.2) is 0 Å². The molecule has 3 nitrogen and oxygen atoms in total. The van der Waals surface area contributed by atoms with E-state index in [9.17, 15) is 18.3 Å². The Balaban J connectivity index is 2.52. The molecule has 90 valence electrons. The van der Waals surface area contributed by atoms with Crippen molar-refractivity contribution in [3.05, 3.63) is 0 Å². The van der Waals surface area contributed by atoms with Gasteiger partial charge in [0.05, 0.1) is 19.3 Å². The van der Waals surface area contributed by atoms with Crippen LogP contribution in [-0.2, 0) is 3.07 Å². The number of aliphatic hydroxyl groups is 1. The van der Waals surface area contributed by atoms with Crippen molar-refractivity contribution in [1.82, 2.24) is 4.90 Å². The molecule has 1 aliphatic heterocycles. The average Bonchev–Trinajstić information content (AvgIpc) is 2.08. The molecule has 15 heavy (non-hydrogen) atoms. The summed E-state index contributed by atoms with van der Waals surface area (Å²) in [5.74, 6) is 0. The van der Waals surface area contributed by atoms with Gasteiger partial charge in [-0.2, -0.15) is 13.2 Å². The fraction of sp³-hybridized carbons (Fsp3) is 1.00. The Labute approximate surface area is 100 Å². The van der Waals surface area contributed by atoms with Crippen LogP contribution >= 0.6 is 23.0 Å². The lowest BCUT2D eigenvalue weighted by Crippen LogP contribution is -2.49. The topological polar surface area (TPSA) is 32.7 Å². The van der Waals surface area contributed by atoms with Crippen molar-refractivity contribution >= 4 is 23.0 Å². The van der Waals surface area contributed by atoms with Crippen molar-refractivity contribution in [2.45, 2.75) is 31.2 Å². The van der Waals surface area contributed by atoms with E-state index in [1.54, 1.807) is 23.0 Å². The highest BCUT2D eigenvalue weighted by Gasteiger charge is 2.36. The van der Waals surface area contributed by atoms with E-state index in [1.165, 1.54) is 4.90 Å². The highest BCUT2D eigenvalue weighted by molar-refractivity contribution is 14.1. The lowest BCUT2D eigenvalue weighted by atomic mass is 10.00. The Kier molecular flexibility index (Phi) is 5.07. The first-order chi connectivity index (χ1) is 6.92. The van der Waals surface area contributed by atoms with Crippen LogP contribution in [0.25, 0.3) is 0 Å². The normalized spacial score (nSPS) is 29.4. The molecule has 1 saturated heterocycles. The summed E-state index contributed by atoms with van der Waals surface area (Å²) in [7, 11) is 0. The molecular formula is C8H13F3INO2. The number of hydrogen-bond acceptors (Lipinski definition) is 3. The number of halogens is 4. The average molecular weight is 339 g/mol. The van der Waals surface area contributed by atoms with Crippen LogP contribution in [-0.4, -0.2) is 48.0 Å². The Hall–Kier alpha value is 0.400. The Bertz CT molecular complexity index is 203. The molecule has 0 bridgehead atoms. The van der Waals surface area contributed by atoms with Crippen LogP contribution in [0, 0.1) is 0 Å². The third-order valence-corrected chi connectivity index (χ3v) is 2.81.